The van der Waals surface area contributed by atoms with Gasteiger partial charge in [0.15, 0.2) is 0 Å². The third kappa shape index (κ3) is 17.8. The lowest BCUT2D eigenvalue weighted by Gasteiger charge is -2.25. The molecule has 2 aromatic carbocycles. The number of nitrogens with one attached hydrogen (secondary N) is 2. The topological polar surface area (TPSA) is 70.4 Å². The zero-order chi connectivity index (χ0) is 30.6. The molecule has 0 spiro atoms. The van der Waals surface area contributed by atoms with Crippen LogP contribution < -0.4 is 21.3 Å². The Morgan fingerprint density at radius 1 is 0.605 bits per heavy atom. The van der Waals surface area contributed by atoms with Gasteiger partial charge in [0, 0.05) is 18.4 Å². The van der Waals surface area contributed by atoms with E-state index in [1.54, 1.807) is 0 Å². The number of benzene rings is 2. The number of nitrogens with two attached hydrogens (primary N) is 1. The minimum Gasteiger partial charge on any atom is -0.330 e. The van der Waals surface area contributed by atoms with Crippen LogP contribution in [0.5, 0.6) is 0 Å². The van der Waals surface area contributed by atoms with Crippen molar-refractivity contribution >= 4 is 22.4 Å². The van der Waals surface area contributed by atoms with E-state index in [1.165, 1.54) is 107 Å². The largest absolute Gasteiger partial charge is 0.330 e. The Kier molecular flexibility index (Phi) is 22.9. The van der Waals surface area contributed by atoms with Gasteiger partial charge >= 0.3 is 0 Å². The maximum atomic E-state index is 13.5. The molecule has 2 rings (SSSR count). The van der Waals surface area contributed by atoms with Crippen LogP contribution in [0.3, 0.4) is 0 Å². The SMILES string of the molecule is CCCCCCCCCCCCCCCCCC(=O)N(CCCNCCCCNCCCN)c1cccc2ccccc12. The summed E-state index contributed by atoms with van der Waals surface area (Å²) in [7, 11) is 0. The van der Waals surface area contributed by atoms with Gasteiger partial charge in [-0.2, -0.15) is 0 Å². The number of carbonyl (C=O) groups excluding carboxylic acids is 1. The Bertz CT molecular complexity index is 928. The monoisotopic (exact) mass is 595 g/mol. The van der Waals surface area contributed by atoms with Crippen LogP contribution in [0.2, 0.25) is 0 Å². The molecule has 0 aliphatic rings. The highest BCUT2D eigenvalue weighted by atomic mass is 16.2. The zero-order valence-electron chi connectivity index (χ0n) is 27.9. The van der Waals surface area contributed by atoms with Crippen LogP contribution in [0, 0.1) is 0 Å². The number of hydrogen-bond donors (Lipinski definition) is 3. The third-order valence-corrected chi connectivity index (χ3v) is 8.60. The fraction of sp³-hybridized carbons (Fsp3) is 0.711. The van der Waals surface area contributed by atoms with Crippen LogP contribution in [0.15, 0.2) is 42.5 Å². The van der Waals surface area contributed by atoms with Crippen molar-refractivity contribution in [1.29, 1.82) is 0 Å². The standard InChI is InChI=1S/C38H66N4O/c1-2-3-4-5-6-7-8-9-10-11-12-13-14-15-16-28-38(43)42(37-27-21-25-35-24-17-18-26-36(35)37)34-23-33-41-31-20-19-30-40-32-22-29-39/h17-18,21,24-27,40-41H,2-16,19-20,22-23,28-34,39H2,1H3. The number of rotatable bonds is 29. The van der Waals surface area contributed by atoms with E-state index in [1.807, 2.05) is 0 Å². The molecule has 43 heavy (non-hydrogen) atoms. The summed E-state index contributed by atoms with van der Waals surface area (Å²) in [6, 6.07) is 14.8. The molecule has 0 saturated carbocycles. The number of fused-ring (bicyclic) bond motifs is 1. The van der Waals surface area contributed by atoms with Gasteiger partial charge in [0.05, 0.1) is 5.69 Å². The lowest BCUT2D eigenvalue weighted by Crippen LogP contribution is -2.33. The van der Waals surface area contributed by atoms with Crippen molar-refractivity contribution in [2.75, 3.05) is 44.2 Å². The van der Waals surface area contributed by atoms with Crippen molar-refractivity contribution < 1.29 is 4.79 Å². The number of carbonyl (C=O) groups is 1. The molecule has 4 N–H and O–H groups in total. The van der Waals surface area contributed by atoms with Crippen LogP contribution >= 0.6 is 0 Å². The van der Waals surface area contributed by atoms with Crippen molar-refractivity contribution in [3.63, 3.8) is 0 Å². The predicted octanol–water partition coefficient (Wildman–Crippen LogP) is 9.13. The average molecular weight is 595 g/mol. The number of anilines is 1. The predicted molar refractivity (Wildman–Crippen MR) is 189 cm³/mol. The first-order chi connectivity index (χ1) is 21.3. The van der Waals surface area contributed by atoms with Crippen molar-refractivity contribution in [1.82, 2.24) is 10.6 Å². The van der Waals surface area contributed by atoms with Crippen molar-refractivity contribution in [2.45, 2.75) is 135 Å². The first-order valence-corrected chi connectivity index (χ1v) is 18.2. The molecule has 1 amide bonds. The number of amides is 1. The van der Waals surface area contributed by atoms with E-state index in [9.17, 15) is 4.79 Å². The molecular weight excluding hydrogens is 528 g/mol. The van der Waals surface area contributed by atoms with Gasteiger partial charge in [0.25, 0.3) is 0 Å². The first-order valence-electron chi connectivity index (χ1n) is 18.2. The minimum atomic E-state index is 0.273. The number of unbranched alkanes of at least 4 members (excludes halogenated alkanes) is 15. The van der Waals surface area contributed by atoms with Gasteiger partial charge in [-0.25, -0.2) is 0 Å². The fourth-order valence-corrected chi connectivity index (χ4v) is 5.94. The molecule has 0 heterocycles. The highest BCUT2D eigenvalue weighted by Gasteiger charge is 2.17. The Hall–Kier alpha value is -1.95. The average Bonchev–Trinajstić information content (AvgIpc) is 3.03. The molecule has 0 aromatic heterocycles. The molecule has 0 atom stereocenters. The van der Waals surface area contributed by atoms with Crippen LogP contribution in [0.1, 0.15) is 135 Å². The molecule has 5 nitrogen and oxygen atoms in total. The van der Waals surface area contributed by atoms with Crippen LogP contribution in [0.25, 0.3) is 10.8 Å². The molecule has 0 saturated heterocycles. The van der Waals surface area contributed by atoms with Gasteiger partial charge < -0.3 is 21.3 Å². The summed E-state index contributed by atoms with van der Waals surface area (Å²) in [5.74, 6) is 0.273. The molecule has 0 aliphatic carbocycles. The summed E-state index contributed by atoms with van der Waals surface area (Å²) in [5.41, 5.74) is 6.61. The summed E-state index contributed by atoms with van der Waals surface area (Å²) in [6.07, 6.45) is 25.2. The quantitative estimate of drug-likeness (QED) is 0.0822. The van der Waals surface area contributed by atoms with Gasteiger partial charge in [0.1, 0.15) is 0 Å². The normalized spacial score (nSPS) is 11.4. The Morgan fingerprint density at radius 2 is 1.12 bits per heavy atom. The highest BCUT2D eigenvalue weighted by Crippen LogP contribution is 2.28. The van der Waals surface area contributed by atoms with E-state index in [2.05, 4.69) is 64.9 Å². The molecule has 0 aliphatic heterocycles. The van der Waals surface area contributed by atoms with Gasteiger partial charge in [-0.3, -0.25) is 4.79 Å². The molecule has 0 radical (unpaired) electrons. The maximum Gasteiger partial charge on any atom is 0.226 e. The zero-order valence-corrected chi connectivity index (χ0v) is 27.9. The molecule has 244 valence electrons. The Labute approximate surface area is 265 Å². The van der Waals surface area contributed by atoms with Crippen LogP contribution in [0.4, 0.5) is 5.69 Å². The van der Waals surface area contributed by atoms with E-state index >= 15 is 0 Å². The second kappa shape index (κ2) is 26.5. The van der Waals surface area contributed by atoms with Crippen LogP contribution in [-0.2, 0) is 4.79 Å². The van der Waals surface area contributed by atoms with Crippen molar-refractivity contribution in [3.8, 4) is 0 Å². The third-order valence-electron chi connectivity index (χ3n) is 8.60. The van der Waals surface area contributed by atoms with Gasteiger partial charge in [-0.1, -0.05) is 133 Å². The molecule has 0 bridgehead atoms. The number of hydrogen-bond acceptors (Lipinski definition) is 4. The molecule has 0 unspecified atom stereocenters. The molecule has 5 heteroatoms. The first kappa shape index (κ1) is 37.2. The Morgan fingerprint density at radius 3 is 1.72 bits per heavy atom. The molecule has 2 aromatic rings. The lowest BCUT2D eigenvalue weighted by atomic mass is 10.0. The second-order valence-electron chi connectivity index (χ2n) is 12.4. The molecular formula is C38H66N4O. The van der Waals surface area contributed by atoms with Gasteiger partial charge in [-0.15, -0.1) is 0 Å². The second-order valence-corrected chi connectivity index (χ2v) is 12.4. The smallest absolute Gasteiger partial charge is 0.226 e. The van der Waals surface area contributed by atoms with Gasteiger partial charge in [-0.05, 0) is 76.3 Å². The van der Waals surface area contributed by atoms with Crippen molar-refractivity contribution in [2.24, 2.45) is 5.73 Å². The van der Waals surface area contributed by atoms with E-state index in [0.717, 1.165) is 70.6 Å². The maximum absolute atomic E-state index is 13.5. The summed E-state index contributed by atoms with van der Waals surface area (Å²) >= 11 is 0. The summed E-state index contributed by atoms with van der Waals surface area (Å²) in [6.45, 7) is 7.85. The van der Waals surface area contributed by atoms with Crippen LogP contribution in [-0.4, -0.2) is 45.2 Å². The summed E-state index contributed by atoms with van der Waals surface area (Å²) in [4.78, 5) is 15.6. The van der Waals surface area contributed by atoms with Gasteiger partial charge in [0.2, 0.25) is 5.91 Å². The summed E-state index contributed by atoms with van der Waals surface area (Å²) in [5, 5.41) is 9.40. The van der Waals surface area contributed by atoms with Crippen molar-refractivity contribution in [3.05, 3.63) is 42.5 Å². The fourth-order valence-electron chi connectivity index (χ4n) is 5.94. The van der Waals surface area contributed by atoms with E-state index in [0.29, 0.717) is 6.42 Å². The molecule has 0 fully saturated rings. The van der Waals surface area contributed by atoms with E-state index in [4.69, 9.17) is 5.73 Å². The van der Waals surface area contributed by atoms with E-state index < -0.39 is 0 Å². The summed E-state index contributed by atoms with van der Waals surface area (Å²) < 4.78 is 0. The lowest BCUT2D eigenvalue weighted by molar-refractivity contribution is -0.118. The number of nitrogens with zero attached hydrogens (tertiary/aromatic N) is 1. The van der Waals surface area contributed by atoms with E-state index in [-0.39, 0.29) is 5.91 Å². The Balaban J connectivity index is 1.64. The minimum absolute atomic E-state index is 0.273. The highest BCUT2D eigenvalue weighted by molar-refractivity contribution is 6.03.